The molecule has 0 saturated heterocycles. The second kappa shape index (κ2) is 11.8. The molecule has 5 heteroatoms. The van der Waals surface area contributed by atoms with Crippen LogP contribution in [0, 0.1) is 5.92 Å². The summed E-state index contributed by atoms with van der Waals surface area (Å²) in [5, 5.41) is 15.8. The minimum absolute atomic E-state index is 0.223. The summed E-state index contributed by atoms with van der Waals surface area (Å²) in [6.45, 7) is 10.5. The third-order valence-electron chi connectivity index (χ3n) is 3.54. The molecular formula is C18H31N3O2. The van der Waals surface area contributed by atoms with Crippen LogP contribution < -0.4 is 10.6 Å². The molecule has 1 unspecified atom stereocenters. The molecule has 0 aliphatic rings. The maximum absolute atomic E-state index is 9.15. The van der Waals surface area contributed by atoms with Gasteiger partial charge in [-0.15, -0.1) is 0 Å². The highest BCUT2D eigenvalue weighted by Crippen LogP contribution is 2.11. The standard InChI is InChI=1S/C18H31N3O2/c1-4-6-16(9-11-22)14-21-18(20-13-15(2)3)19-10-8-17-7-5-12-23-17/h5,7,12,16,22H,2,4,6,8-11,13-14H2,1,3H3,(H2,19,20,21). The van der Waals surface area contributed by atoms with Crippen LogP contribution in [0.3, 0.4) is 0 Å². The molecule has 23 heavy (non-hydrogen) atoms. The van der Waals surface area contributed by atoms with Crippen LogP contribution in [0.4, 0.5) is 0 Å². The minimum atomic E-state index is 0.223. The molecule has 1 rings (SSSR count). The second-order valence-electron chi connectivity index (χ2n) is 5.92. The van der Waals surface area contributed by atoms with Gasteiger partial charge in [-0.05, 0) is 37.8 Å². The molecule has 0 aliphatic heterocycles. The molecule has 0 saturated carbocycles. The van der Waals surface area contributed by atoms with E-state index < -0.39 is 0 Å². The van der Waals surface area contributed by atoms with Gasteiger partial charge >= 0.3 is 0 Å². The molecule has 0 spiro atoms. The van der Waals surface area contributed by atoms with Crippen LogP contribution in [0.15, 0.2) is 40.0 Å². The lowest BCUT2D eigenvalue weighted by Gasteiger charge is -2.16. The molecule has 3 N–H and O–H groups in total. The second-order valence-corrected chi connectivity index (χ2v) is 5.92. The topological polar surface area (TPSA) is 69.8 Å². The van der Waals surface area contributed by atoms with Gasteiger partial charge in [0.1, 0.15) is 5.76 Å². The predicted molar refractivity (Wildman–Crippen MR) is 95.6 cm³/mol. The SMILES string of the molecule is C=C(C)CNC(=NCC(CCC)CCO)NCCc1ccco1. The molecule has 0 aliphatic carbocycles. The molecule has 1 atom stereocenters. The summed E-state index contributed by atoms with van der Waals surface area (Å²) in [5.41, 5.74) is 1.06. The summed E-state index contributed by atoms with van der Waals surface area (Å²) in [5.74, 6) is 2.18. The van der Waals surface area contributed by atoms with Crippen LogP contribution in [0.5, 0.6) is 0 Å². The largest absolute Gasteiger partial charge is 0.469 e. The van der Waals surface area contributed by atoms with Gasteiger partial charge in [0.05, 0.1) is 6.26 Å². The van der Waals surface area contributed by atoms with Crippen molar-refractivity contribution in [3.8, 4) is 0 Å². The lowest BCUT2D eigenvalue weighted by Crippen LogP contribution is -2.39. The third kappa shape index (κ3) is 9.08. The summed E-state index contributed by atoms with van der Waals surface area (Å²) in [7, 11) is 0. The highest BCUT2D eigenvalue weighted by molar-refractivity contribution is 5.80. The number of furan rings is 1. The summed E-state index contributed by atoms with van der Waals surface area (Å²) in [4.78, 5) is 4.66. The number of aliphatic hydroxyl groups is 1. The number of guanidine groups is 1. The zero-order valence-electron chi connectivity index (χ0n) is 14.5. The number of nitrogens with one attached hydrogen (secondary N) is 2. The highest BCUT2D eigenvalue weighted by atomic mass is 16.3. The average Bonchev–Trinajstić information content (AvgIpc) is 3.02. The third-order valence-corrected chi connectivity index (χ3v) is 3.54. The van der Waals surface area contributed by atoms with Crippen molar-refractivity contribution in [2.24, 2.45) is 10.9 Å². The Balaban J connectivity index is 2.50. The van der Waals surface area contributed by atoms with Crippen LogP contribution >= 0.6 is 0 Å². The summed E-state index contributed by atoms with van der Waals surface area (Å²) < 4.78 is 5.33. The number of hydrogen-bond acceptors (Lipinski definition) is 3. The van der Waals surface area contributed by atoms with E-state index in [1.807, 2.05) is 19.1 Å². The van der Waals surface area contributed by atoms with Gasteiger partial charge in [-0.3, -0.25) is 4.99 Å². The van der Waals surface area contributed by atoms with Crippen LogP contribution in [0.25, 0.3) is 0 Å². The predicted octanol–water partition coefficient (Wildman–Crippen LogP) is 2.73. The molecule has 0 bridgehead atoms. The average molecular weight is 321 g/mol. The van der Waals surface area contributed by atoms with Gasteiger partial charge in [-0.2, -0.15) is 0 Å². The van der Waals surface area contributed by atoms with Gasteiger partial charge in [0, 0.05) is 32.7 Å². The Morgan fingerprint density at radius 3 is 2.83 bits per heavy atom. The maximum Gasteiger partial charge on any atom is 0.191 e. The van der Waals surface area contributed by atoms with Gasteiger partial charge in [0.2, 0.25) is 0 Å². The fraction of sp³-hybridized carbons (Fsp3) is 0.611. The number of hydrogen-bond donors (Lipinski definition) is 3. The Morgan fingerprint density at radius 1 is 1.39 bits per heavy atom. The van der Waals surface area contributed by atoms with Crippen molar-refractivity contribution >= 4 is 5.96 Å². The fourth-order valence-corrected chi connectivity index (χ4v) is 2.31. The first-order valence-electron chi connectivity index (χ1n) is 8.45. The van der Waals surface area contributed by atoms with Crippen molar-refractivity contribution in [1.82, 2.24) is 10.6 Å². The Bertz CT molecular complexity index is 449. The first-order chi connectivity index (χ1) is 11.2. The van der Waals surface area contributed by atoms with Crippen LogP contribution in [-0.4, -0.2) is 37.3 Å². The van der Waals surface area contributed by atoms with E-state index in [4.69, 9.17) is 9.52 Å². The molecule has 1 heterocycles. The molecule has 0 amide bonds. The zero-order chi connectivity index (χ0) is 16.9. The first-order valence-corrected chi connectivity index (χ1v) is 8.45. The lowest BCUT2D eigenvalue weighted by atomic mass is 10.0. The Hall–Kier alpha value is -1.75. The lowest BCUT2D eigenvalue weighted by molar-refractivity contribution is 0.253. The van der Waals surface area contributed by atoms with E-state index in [2.05, 4.69) is 29.1 Å². The van der Waals surface area contributed by atoms with Crippen LogP contribution in [0.1, 0.15) is 38.9 Å². The van der Waals surface area contributed by atoms with Crippen LogP contribution in [0.2, 0.25) is 0 Å². The Labute approximate surface area is 139 Å². The van der Waals surface area contributed by atoms with Crippen molar-refractivity contribution in [3.63, 3.8) is 0 Å². The van der Waals surface area contributed by atoms with E-state index in [9.17, 15) is 0 Å². The molecule has 1 aromatic rings. The van der Waals surface area contributed by atoms with E-state index in [-0.39, 0.29) is 6.61 Å². The van der Waals surface area contributed by atoms with E-state index in [1.165, 1.54) is 0 Å². The maximum atomic E-state index is 9.15. The smallest absolute Gasteiger partial charge is 0.191 e. The fourth-order valence-electron chi connectivity index (χ4n) is 2.31. The monoisotopic (exact) mass is 321 g/mol. The van der Waals surface area contributed by atoms with Crippen molar-refractivity contribution in [2.75, 3.05) is 26.2 Å². The summed E-state index contributed by atoms with van der Waals surface area (Å²) in [6, 6.07) is 3.87. The zero-order valence-corrected chi connectivity index (χ0v) is 14.5. The Morgan fingerprint density at radius 2 is 2.22 bits per heavy atom. The van der Waals surface area contributed by atoms with Crippen LogP contribution in [-0.2, 0) is 6.42 Å². The first kappa shape index (κ1) is 19.3. The molecule has 0 aromatic carbocycles. The van der Waals surface area contributed by atoms with Gasteiger partial charge in [0.15, 0.2) is 5.96 Å². The quantitative estimate of drug-likeness (QED) is 0.333. The molecular weight excluding hydrogens is 290 g/mol. The number of nitrogens with zero attached hydrogens (tertiary/aromatic N) is 1. The molecule has 1 aromatic heterocycles. The van der Waals surface area contributed by atoms with Gasteiger partial charge in [0.25, 0.3) is 0 Å². The summed E-state index contributed by atoms with van der Waals surface area (Å²) in [6.07, 6.45) is 5.51. The number of aliphatic imine (C=N–C) groups is 1. The van der Waals surface area contributed by atoms with E-state index in [0.29, 0.717) is 12.5 Å². The van der Waals surface area contributed by atoms with Gasteiger partial charge in [-0.25, -0.2) is 0 Å². The van der Waals surface area contributed by atoms with Gasteiger partial charge in [-0.1, -0.05) is 25.5 Å². The van der Waals surface area contributed by atoms with E-state index >= 15 is 0 Å². The molecule has 0 radical (unpaired) electrons. The normalized spacial score (nSPS) is 12.9. The number of aliphatic hydroxyl groups excluding tert-OH is 1. The Kier molecular flexibility index (Phi) is 9.87. The molecule has 0 fully saturated rings. The number of rotatable bonds is 11. The van der Waals surface area contributed by atoms with E-state index in [0.717, 1.165) is 56.1 Å². The van der Waals surface area contributed by atoms with Crippen molar-refractivity contribution < 1.29 is 9.52 Å². The van der Waals surface area contributed by atoms with Crippen molar-refractivity contribution in [1.29, 1.82) is 0 Å². The summed E-state index contributed by atoms with van der Waals surface area (Å²) >= 11 is 0. The van der Waals surface area contributed by atoms with Gasteiger partial charge < -0.3 is 20.2 Å². The minimum Gasteiger partial charge on any atom is -0.469 e. The molecule has 5 nitrogen and oxygen atoms in total. The van der Waals surface area contributed by atoms with Crippen molar-refractivity contribution in [2.45, 2.75) is 39.5 Å². The van der Waals surface area contributed by atoms with Crippen molar-refractivity contribution in [3.05, 3.63) is 36.3 Å². The highest BCUT2D eigenvalue weighted by Gasteiger charge is 2.07. The van der Waals surface area contributed by atoms with E-state index in [1.54, 1.807) is 6.26 Å². The molecule has 130 valence electrons.